The summed E-state index contributed by atoms with van der Waals surface area (Å²) in [5, 5.41) is 0. The molecule has 0 heterocycles. The van der Waals surface area contributed by atoms with Crippen LogP contribution in [0.15, 0.2) is 0 Å². The lowest BCUT2D eigenvalue weighted by molar-refractivity contribution is 0.565. The normalized spacial score (nSPS) is 13.4. The number of hydrogen-bond acceptors (Lipinski definition) is 0. The molecule has 0 nitrogen and oxygen atoms in total. The topological polar surface area (TPSA) is 0 Å². The third kappa shape index (κ3) is 6.25. The van der Waals surface area contributed by atoms with Crippen LogP contribution in [-0.4, -0.2) is 17.5 Å². The molecule has 0 spiro atoms. The van der Waals surface area contributed by atoms with E-state index in [1.54, 1.807) is 0 Å². The molecule has 6 heteroatoms. The summed E-state index contributed by atoms with van der Waals surface area (Å²) >= 11 is 0. The van der Waals surface area contributed by atoms with Gasteiger partial charge < -0.3 is 0 Å². The Hall–Kier alpha value is 0.154. The van der Waals surface area contributed by atoms with Crippen LogP contribution in [0.25, 0.3) is 0 Å². The van der Waals surface area contributed by atoms with Gasteiger partial charge in [-0.05, 0) is 30.6 Å². The Bertz CT molecular complexity index is 133. The van der Waals surface area contributed by atoms with Crippen molar-refractivity contribution in [3.63, 3.8) is 0 Å². The van der Waals surface area contributed by atoms with E-state index in [-0.39, 0.29) is 30.6 Å². The molecule has 0 aromatic heterocycles. The molecule has 0 unspecified atom stereocenters. The monoisotopic (exact) mass is 232 g/mol. The molecule has 0 aromatic carbocycles. The number of halogens is 4. The van der Waals surface area contributed by atoms with E-state index in [0.29, 0.717) is 0 Å². The van der Waals surface area contributed by atoms with Crippen molar-refractivity contribution >= 4 is 17.5 Å². The van der Waals surface area contributed by atoms with Crippen LogP contribution in [0.3, 0.4) is 0 Å². The minimum Gasteiger partial charge on any atom is -0.270 e. The van der Waals surface area contributed by atoms with Gasteiger partial charge in [-0.3, -0.25) is 16.4 Å². The quantitative estimate of drug-likeness (QED) is 0.366. The van der Waals surface area contributed by atoms with Crippen molar-refractivity contribution in [2.45, 2.75) is 44.4 Å². The fourth-order valence-electron chi connectivity index (χ4n) is 0.959. The third-order valence-corrected chi connectivity index (χ3v) is 6.36. The molecular formula is C7H16F4Si2. The standard InChI is InChI=1S/C7H16F4Si2/c1-3-12(8,9)6-5-7-13(10,11)4-2/h3-7H2,1-2H3. The zero-order valence-corrected chi connectivity index (χ0v) is 10.0. The van der Waals surface area contributed by atoms with E-state index >= 15 is 0 Å². The molecule has 0 saturated heterocycles. The molecule has 0 bridgehead atoms. The highest BCUT2D eigenvalue weighted by Gasteiger charge is 2.36. The van der Waals surface area contributed by atoms with Gasteiger partial charge in [-0.25, -0.2) is 0 Å². The molecule has 0 aliphatic carbocycles. The van der Waals surface area contributed by atoms with Gasteiger partial charge in [-0.2, -0.15) is 0 Å². The summed E-state index contributed by atoms with van der Waals surface area (Å²) < 4.78 is 51.0. The fraction of sp³-hybridized carbons (Fsp3) is 1.00. The average molecular weight is 232 g/mol. The highest BCUT2D eigenvalue weighted by Crippen LogP contribution is 2.27. The summed E-state index contributed by atoms with van der Waals surface area (Å²) in [5.41, 5.74) is 0. The summed E-state index contributed by atoms with van der Waals surface area (Å²) in [7, 11) is -8.20. The molecule has 0 atom stereocenters. The van der Waals surface area contributed by atoms with E-state index in [4.69, 9.17) is 0 Å². The van der Waals surface area contributed by atoms with E-state index in [9.17, 15) is 16.4 Å². The molecule has 13 heavy (non-hydrogen) atoms. The molecule has 80 valence electrons. The highest BCUT2D eigenvalue weighted by atomic mass is 28.4. The van der Waals surface area contributed by atoms with Crippen LogP contribution in [0.1, 0.15) is 20.3 Å². The molecule has 0 N–H and O–H groups in total. The van der Waals surface area contributed by atoms with Crippen LogP contribution in [-0.2, 0) is 0 Å². The first-order valence-electron chi connectivity index (χ1n) is 4.58. The van der Waals surface area contributed by atoms with Crippen molar-refractivity contribution in [2.75, 3.05) is 0 Å². The maximum atomic E-state index is 12.7. The zero-order chi connectivity index (χ0) is 10.5. The van der Waals surface area contributed by atoms with Crippen LogP contribution in [0, 0.1) is 0 Å². The Morgan fingerprint density at radius 2 is 1.08 bits per heavy atom. The van der Waals surface area contributed by atoms with Gasteiger partial charge in [0.05, 0.1) is 0 Å². The van der Waals surface area contributed by atoms with E-state index in [0.717, 1.165) is 0 Å². The Morgan fingerprint density at radius 3 is 1.31 bits per heavy atom. The Labute approximate surface area is 79.0 Å². The smallest absolute Gasteiger partial charge is 0.270 e. The van der Waals surface area contributed by atoms with E-state index in [1.165, 1.54) is 13.8 Å². The summed E-state index contributed by atoms with van der Waals surface area (Å²) in [6, 6.07) is -0.753. The molecule has 0 saturated carbocycles. The maximum Gasteiger partial charge on any atom is 0.424 e. The minimum atomic E-state index is -4.10. The number of rotatable bonds is 6. The molecular weight excluding hydrogens is 216 g/mol. The molecule has 0 amide bonds. The first-order chi connectivity index (χ1) is 5.83. The van der Waals surface area contributed by atoms with Gasteiger partial charge in [0, 0.05) is 0 Å². The van der Waals surface area contributed by atoms with Gasteiger partial charge in [0.1, 0.15) is 0 Å². The predicted octanol–water partition coefficient (Wildman–Crippen LogP) is 4.18. The van der Waals surface area contributed by atoms with Crippen LogP contribution in [0.5, 0.6) is 0 Å². The van der Waals surface area contributed by atoms with Gasteiger partial charge >= 0.3 is 17.5 Å². The lowest BCUT2D eigenvalue weighted by Gasteiger charge is -2.12. The van der Waals surface area contributed by atoms with Crippen molar-refractivity contribution in [1.82, 2.24) is 0 Å². The van der Waals surface area contributed by atoms with Crippen molar-refractivity contribution in [1.29, 1.82) is 0 Å². The average Bonchev–Trinajstić information content (AvgIpc) is 2.04. The first-order valence-corrected chi connectivity index (χ1v) is 8.92. The molecule has 0 rings (SSSR count). The highest BCUT2D eigenvalue weighted by molar-refractivity contribution is 6.67. The first kappa shape index (κ1) is 13.2. The zero-order valence-electron chi connectivity index (χ0n) is 8.05. The van der Waals surface area contributed by atoms with Crippen LogP contribution in [0.4, 0.5) is 16.4 Å². The van der Waals surface area contributed by atoms with E-state index < -0.39 is 17.5 Å². The van der Waals surface area contributed by atoms with Crippen LogP contribution in [0.2, 0.25) is 24.2 Å². The summed E-state index contributed by atoms with van der Waals surface area (Å²) in [6.45, 7) is 2.86. The molecule has 0 aromatic rings. The van der Waals surface area contributed by atoms with Crippen LogP contribution < -0.4 is 0 Å². The maximum absolute atomic E-state index is 12.7. The summed E-state index contributed by atoms with van der Waals surface area (Å²) in [4.78, 5) is 0. The van der Waals surface area contributed by atoms with Gasteiger partial charge in [0.25, 0.3) is 0 Å². The molecule has 0 aliphatic heterocycles. The van der Waals surface area contributed by atoms with Gasteiger partial charge in [0.15, 0.2) is 0 Å². The second-order valence-electron chi connectivity index (χ2n) is 3.27. The largest absolute Gasteiger partial charge is 0.424 e. The second kappa shape index (κ2) is 5.14. The van der Waals surface area contributed by atoms with Gasteiger partial charge in [-0.1, -0.05) is 13.8 Å². The Kier molecular flexibility index (Phi) is 5.20. The van der Waals surface area contributed by atoms with Crippen molar-refractivity contribution < 1.29 is 16.4 Å². The lowest BCUT2D eigenvalue weighted by Crippen LogP contribution is -2.24. The van der Waals surface area contributed by atoms with Crippen LogP contribution >= 0.6 is 0 Å². The molecule has 0 fully saturated rings. The van der Waals surface area contributed by atoms with E-state index in [1.807, 2.05) is 0 Å². The Morgan fingerprint density at radius 1 is 0.769 bits per heavy atom. The predicted molar refractivity (Wildman–Crippen MR) is 51.1 cm³/mol. The third-order valence-electron chi connectivity index (χ3n) is 2.12. The SMILES string of the molecule is CC[Si](F)(F)CCC[Si](F)(F)CC. The fourth-order valence-corrected chi connectivity index (χ4v) is 3.41. The number of hydrogen-bond donors (Lipinski definition) is 0. The van der Waals surface area contributed by atoms with Crippen molar-refractivity contribution in [3.8, 4) is 0 Å². The molecule has 0 radical (unpaired) electrons. The Balaban J connectivity index is 3.68. The van der Waals surface area contributed by atoms with Gasteiger partial charge in [-0.15, -0.1) is 0 Å². The molecule has 0 aliphatic rings. The van der Waals surface area contributed by atoms with Crippen molar-refractivity contribution in [3.05, 3.63) is 0 Å². The minimum absolute atomic E-state index is 0.0140. The lowest BCUT2D eigenvalue weighted by atomic mass is 10.6. The summed E-state index contributed by atoms with van der Waals surface area (Å²) in [5.74, 6) is 0. The summed E-state index contributed by atoms with van der Waals surface area (Å²) in [6.07, 6.45) is 0.0140. The van der Waals surface area contributed by atoms with Crippen molar-refractivity contribution in [2.24, 2.45) is 0 Å². The second-order valence-corrected chi connectivity index (χ2v) is 9.11. The van der Waals surface area contributed by atoms with E-state index in [2.05, 4.69) is 0 Å². The van der Waals surface area contributed by atoms with Gasteiger partial charge in [0.2, 0.25) is 0 Å².